The van der Waals surface area contributed by atoms with Gasteiger partial charge in [-0.1, -0.05) is 6.08 Å². The van der Waals surface area contributed by atoms with Crippen LogP contribution in [0.1, 0.15) is 6.42 Å². The molecule has 100 valence electrons. The number of ketones is 1. The molecule has 1 aromatic heterocycles. The van der Waals surface area contributed by atoms with E-state index in [1.165, 1.54) is 24.4 Å². The summed E-state index contributed by atoms with van der Waals surface area (Å²) >= 11 is 0. The van der Waals surface area contributed by atoms with Crippen molar-refractivity contribution in [3.05, 3.63) is 40.6 Å². The quantitative estimate of drug-likeness (QED) is 0.591. The van der Waals surface area contributed by atoms with Crippen molar-refractivity contribution in [2.45, 2.75) is 18.5 Å². The van der Waals surface area contributed by atoms with Crippen molar-refractivity contribution in [3.8, 4) is 6.07 Å². The lowest BCUT2D eigenvalue weighted by Gasteiger charge is -2.31. The largest absolute Gasteiger partial charge is 0.338 e. The predicted octanol–water partition coefficient (Wildman–Crippen LogP) is 1.22. The second-order valence-corrected chi connectivity index (χ2v) is 4.78. The Morgan fingerprint density at radius 1 is 1.50 bits per heavy atom. The first kappa shape index (κ1) is 12.3. The van der Waals surface area contributed by atoms with Crippen molar-refractivity contribution in [1.29, 1.82) is 5.26 Å². The Morgan fingerprint density at radius 2 is 2.30 bits per heavy atom. The van der Waals surface area contributed by atoms with Crippen LogP contribution in [0.4, 0.5) is 11.5 Å². The summed E-state index contributed by atoms with van der Waals surface area (Å²) in [6.07, 6.45) is 4.85. The van der Waals surface area contributed by atoms with Crippen LogP contribution in [-0.4, -0.2) is 27.8 Å². The average molecular weight is 270 g/mol. The van der Waals surface area contributed by atoms with Crippen LogP contribution in [0.3, 0.4) is 0 Å². The third-order valence-corrected chi connectivity index (χ3v) is 3.71. The van der Waals surface area contributed by atoms with Crippen LogP contribution in [0.15, 0.2) is 30.5 Å². The Kier molecular flexibility index (Phi) is 2.71. The zero-order valence-electron chi connectivity index (χ0n) is 10.3. The maximum atomic E-state index is 11.9. The zero-order valence-corrected chi connectivity index (χ0v) is 10.3. The summed E-state index contributed by atoms with van der Waals surface area (Å²) in [7, 11) is 0. The van der Waals surface area contributed by atoms with E-state index in [0.717, 1.165) is 0 Å². The zero-order chi connectivity index (χ0) is 14.3. The fourth-order valence-corrected chi connectivity index (χ4v) is 2.76. The van der Waals surface area contributed by atoms with Crippen LogP contribution < -0.4 is 4.90 Å². The van der Waals surface area contributed by atoms with Gasteiger partial charge in [-0.25, -0.2) is 4.98 Å². The van der Waals surface area contributed by atoms with E-state index in [1.54, 1.807) is 11.0 Å². The second-order valence-electron chi connectivity index (χ2n) is 4.78. The molecule has 7 heteroatoms. The molecule has 7 nitrogen and oxygen atoms in total. The molecule has 1 saturated heterocycles. The topological polar surface area (TPSA) is 100 Å². The molecule has 0 aromatic carbocycles. The molecule has 3 heterocycles. The van der Waals surface area contributed by atoms with E-state index in [0.29, 0.717) is 12.2 Å². The Morgan fingerprint density at radius 3 is 2.90 bits per heavy atom. The van der Waals surface area contributed by atoms with Crippen molar-refractivity contribution in [1.82, 2.24) is 4.98 Å². The smallest absolute Gasteiger partial charge is 0.287 e. The van der Waals surface area contributed by atoms with Crippen LogP contribution >= 0.6 is 0 Å². The van der Waals surface area contributed by atoms with Crippen molar-refractivity contribution < 1.29 is 9.72 Å². The number of rotatable bonds is 2. The van der Waals surface area contributed by atoms with Gasteiger partial charge in [0, 0.05) is 6.07 Å². The fourth-order valence-electron chi connectivity index (χ4n) is 2.76. The molecule has 3 unspecified atom stereocenters. The number of nitriles is 1. The number of aromatic nitrogens is 1. The van der Waals surface area contributed by atoms with Crippen LogP contribution in [0.2, 0.25) is 0 Å². The van der Waals surface area contributed by atoms with Gasteiger partial charge in [-0.3, -0.25) is 14.9 Å². The highest BCUT2D eigenvalue weighted by atomic mass is 16.6. The van der Waals surface area contributed by atoms with Crippen LogP contribution in [0.25, 0.3) is 0 Å². The molecule has 3 rings (SSSR count). The summed E-state index contributed by atoms with van der Waals surface area (Å²) in [6, 6.07) is 4.48. The van der Waals surface area contributed by atoms with Gasteiger partial charge in [0.1, 0.15) is 12.0 Å². The molecule has 0 N–H and O–H groups in total. The molecule has 1 aromatic rings. The molecule has 3 atom stereocenters. The van der Waals surface area contributed by atoms with Crippen LogP contribution in [0.5, 0.6) is 0 Å². The summed E-state index contributed by atoms with van der Waals surface area (Å²) in [5.74, 6) is 0.167. The molecule has 0 amide bonds. The number of carbonyl (C=O) groups excluding carboxylic acids is 1. The minimum atomic E-state index is -0.523. The standard InChI is InChI=1S/C13H10N4O3/c14-6-8-5-11-12(18)3-2-10(8)16(11)13-4-1-9(7-15-13)17(19)20/h1-4,7-8,10-11H,5H2. The molecular weight excluding hydrogens is 260 g/mol. The number of hydrogen-bond donors (Lipinski definition) is 0. The van der Waals surface area contributed by atoms with Gasteiger partial charge >= 0.3 is 0 Å². The lowest BCUT2D eigenvalue weighted by Crippen LogP contribution is -2.43. The van der Waals surface area contributed by atoms with Gasteiger partial charge in [-0.05, 0) is 18.6 Å². The second kappa shape index (κ2) is 4.42. The predicted molar refractivity (Wildman–Crippen MR) is 68.8 cm³/mol. The summed E-state index contributed by atoms with van der Waals surface area (Å²) < 4.78 is 0. The van der Waals surface area contributed by atoms with E-state index in [2.05, 4.69) is 11.1 Å². The summed E-state index contributed by atoms with van der Waals surface area (Å²) in [5.41, 5.74) is -0.100. The van der Waals surface area contributed by atoms with Gasteiger partial charge in [0.25, 0.3) is 5.69 Å². The molecule has 0 aliphatic carbocycles. The molecule has 1 fully saturated rings. The number of pyridine rings is 1. The minimum absolute atomic E-state index is 0.0563. The van der Waals surface area contributed by atoms with E-state index in [1.807, 2.05) is 0 Å². The highest BCUT2D eigenvalue weighted by molar-refractivity contribution is 5.99. The Hall–Kier alpha value is -2.75. The molecular formula is C13H10N4O3. The highest BCUT2D eigenvalue weighted by Crippen LogP contribution is 2.37. The first-order valence-electron chi connectivity index (χ1n) is 6.12. The molecule has 2 bridgehead atoms. The third kappa shape index (κ3) is 1.73. The summed E-state index contributed by atoms with van der Waals surface area (Å²) in [4.78, 5) is 27.8. The Labute approximate surface area is 114 Å². The average Bonchev–Trinajstić information content (AvgIpc) is 2.75. The van der Waals surface area contributed by atoms with E-state index in [9.17, 15) is 14.9 Å². The number of anilines is 1. The number of carbonyl (C=O) groups is 1. The molecule has 2 aliphatic rings. The first-order chi connectivity index (χ1) is 9.61. The third-order valence-electron chi connectivity index (χ3n) is 3.71. The van der Waals surface area contributed by atoms with Crippen molar-refractivity contribution >= 4 is 17.3 Å². The van der Waals surface area contributed by atoms with Crippen molar-refractivity contribution in [2.75, 3.05) is 4.90 Å². The highest BCUT2D eigenvalue weighted by Gasteiger charge is 2.46. The molecule has 0 saturated carbocycles. The van der Waals surface area contributed by atoms with E-state index in [-0.39, 0.29) is 23.4 Å². The molecule has 2 aliphatic heterocycles. The minimum Gasteiger partial charge on any atom is -0.338 e. The van der Waals surface area contributed by atoms with Gasteiger partial charge in [0.15, 0.2) is 5.78 Å². The number of nitrogens with zero attached hydrogens (tertiary/aromatic N) is 4. The Bertz CT molecular complexity index is 647. The Balaban J connectivity index is 1.98. The molecule has 0 radical (unpaired) electrons. The maximum Gasteiger partial charge on any atom is 0.287 e. The summed E-state index contributed by atoms with van der Waals surface area (Å²) in [6.45, 7) is 0. The normalized spacial score (nSPS) is 27.4. The maximum absolute atomic E-state index is 11.9. The fraction of sp³-hybridized carbons (Fsp3) is 0.308. The van der Waals surface area contributed by atoms with E-state index in [4.69, 9.17) is 5.26 Å². The monoisotopic (exact) mass is 270 g/mol. The number of hydrogen-bond acceptors (Lipinski definition) is 6. The first-order valence-corrected chi connectivity index (χ1v) is 6.12. The number of nitro groups is 1. The SMILES string of the molecule is N#CC1CC2C(=O)C=CC1N2c1ccc([N+](=O)[O-])cn1. The van der Waals surface area contributed by atoms with Gasteiger partial charge in [-0.2, -0.15) is 5.26 Å². The van der Waals surface area contributed by atoms with Crippen molar-refractivity contribution in [3.63, 3.8) is 0 Å². The van der Waals surface area contributed by atoms with Crippen molar-refractivity contribution in [2.24, 2.45) is 5.92 Å². The van der Waals surface area contributed by atoms with Gasteiger partial charge in [-0.15, -0.1) is 0 Å². The number of fused-ring (bicyclic) bond motifs is 2. The van der Waals surface area contributed by atoms with Crippen LogP contribution in [0, 0.1) is 27.4 Å². The lowest BCUT2D eigenvalue weighted by molar-refractivity contribution is -0.385. The van der Waals surface area contributed by atoms with Gasteiger partial charge in [0.2, 0.25) is 0 Å². The summed E-state index contributed by atoms with van der Waals surface area (Å²) in [5, 5.41) is 19.8. The van der Waals surface area contributed by atoms with E-state index >= 15 is 0 Å². The molecule has 20 heavy (non-hydrogen) atoms. The van der Waals surface area contributed by atoms with Gasteiger partial charge in [0.05, 0.1) is 29.0 Å². The van der Waals surface area contributed by atoms with Crippen LogP contribution in [-0.2, 0) is 4.79 Å². The lowest BCUT2D eigenvalue weighted by atomic mass is 10.0. The molecule has 0 spiro atoms. The van der Waals surface area contributed by atoms with Gasteiger partial charge < -0.3 is 4.90 Å². The van der Waals surface area contributed by atoms with E-state index < -0.39 is 11.0 Å².